The fourth-order valence-corrected chi connectivity index (χ4v) is 2.88. The lowest BCUT2D eigenvalue weighted by molar-refractivity contribution is 0.0527. The topological polar surface area (TPSA) is 55.3 Å². The second kappa shape index (κ2) is 6.96. The number of nitrogens with zero attached hydrogens (tertiary/aromatic N) is 3. The zero-order valence-corrected chi connectivity index (χ0v) is 13.7. The highest BCUT2D eigenvalue weighted by atomic mass is 35.5. The Morgan fingerprint density at radius 1 is 1.39 bits per heavy atom. The zero-order valence-electron chi connectivity index (χ0n) is 12.9. The van der Waals surface area contributed by atoms with E-state index in [2.05, 4.69) is 9.97 Å². The molecule has 0 aliphatic carbocycles. The summed E-state index contributed by atoms with van der Waals surface area (Å²) in [5.41, 5.74) is 0.607. The lowest BCUT2D eigenvalue weighted by atomic mass is 10.1. The molecule has 1 saturated heterocycles. The third kappa shape index (κ3) is 3.99. The Labute approximate surface area is 140 Å². The van der Waals surface area contributed by atoms with Gasteiger partial charge < -0.3 is 9.64 Å². The number of aromatic nitrogens is 2. The molecule has 0 spiro atoms. The van der Waals surface area contributed by atoms with E-state index in [1.54, 1.807) is 36.5 Å². The highest BCUT2D eigenvalue weighted by Crippen LogP contribution is 2.19. The standard InChI is InChI=1S/C17H18ClN3O2/c1-12-19-8-7-16(20-12)23-15-6-3-9-21(11-15)17(22)13-4-2-5-14(18)10-13/h2,4-5,7-8,10,15H,3,6,9,11H2,1H3. The third-order valence-corrected chi connectivity index (χ3v) is 4.01. The van der Waals surface area contributed by atoms with Gasteiger partial charge in [-0.05, 0) is 38.0 Å². The number of piperidine rings is 1. The summed E-state index contributed by atoms with van der Waals surface area (Å²) in [5, 5.41) is 0.567. The molecule has 1 aromatic carbocycles. The molecule has 1 aliphatic heterocycles. The van der Waals surface area contributed by atoms with Gasteiger partial charge in [-0.3, -0.25) is 4.79 Å². The van der Waals surface area contributed by atoms with E-state index < -0.39 is 0 Å². The van der Waals surface area contributed by atoms with Gasteiger partial charge in [0, 0.05) is 29.4 Å². The van der Waals surface area contributed by atoms with Crippen molar-refractivity contribution in [2.75, 3.05) is 13.1 Å². The molecular weight excluding hydrogens is 314 g/mol. The van der Waals surface area contributed by atoms with Crippen molar-refractivity contribution in [2.45, 2.75) is 25.9 Å². The van der Waals surface area contributed by atoms with E-state index in [-0.39, 0.29) is 12.0 Å². The first-order valence-corrected chi connectivity index (χ1v) is 8.01. The SMILES string of the molecule is Cc1nccc(OC2CCCN(C(=O)c3cccc(Cl)c3)C2)n1. The maximum absolute atomic E-state index is 12.6. The summed E-state index contributed by atoms with van der Waals surface area (Å²) in [4.78, 5) is 22.7. The molecule has 0 saturated carbocycles. The van der Waals surface area contributed by atoms with Gasteiger partial charge in [0.15, 0.2) is 0 Å². The Bertz CT molecular complexity index is 708. The van der Waals surface area contributed by atoms with Crippen molar-refractivity contribution in [2.24, 2.45) is 0 Å². The summed E-state index contributed by atoms with van der Waals surface area (Å²) in [7, 11) is 0. The van der Waals surface area contributed by atoms with Crippen LogP contribution in [0, 0.1) is 6.92 Å². The van der Waals surface area contributed by atoms with E-state index in [0.29, 0.717) is 28.8 Å². The van der Waals surface area contributed by atoms with Crippen LogP contribution in [0.2, 0.25) is 5.02 Å². The summed E-state index contributed by atoms with van der Waals surface area (Å²) in [6, 6.07) is 8.77. The molecule has 1 unspecified atom stereocenters. The van der Waals surface area contributed by atoms with Gasteiger partial charge in [0.05, 0.1) is 6.54 Å². The fraction of sp³-hybridized carbons (Fsp3) is 0.353. The number of benzene rings is 1. The second-order valence-electron chi connectivity index (χ2n) is 5.59. The van der Waals surface area contributed by atoms with Crippen LogP contribution in [0.4, 0.5) is 0 Å². The molecule has 0 N–H and O–H groups in total. The van der Waals surface area contributed by atoms with E-state index in [1.807, 2.05) is 11.8 Å². The van der Waals surface area contributed by atoms with Crippen molar-refractivity contribution in [3.63, 3.8) is 0 Å². The molecule has 1 fully saturated rings. The van der Waals surface area contributed by atoms with Crippen molar-refractivity contribution >= 4 is 17.5 Å². The molecule has 23 heavy (non-hydrogen) atoms. The van der Waals surface area contributed by atoms with Gasteiger partial charge in [0.25, 0.3) is 5.91 Å². The number of rotatable bonds is 3. The molecular formula is C17H18ClN3O2. The molecule has 1 amide bonds. The molecule has 1 aliphatic rings. The second-order valence-corrected chi connectivity index (χ2v) is 6.02. The van der Waals surface area contributed by atoms with Gasteiger partial charge in [-0.15, -0.1) is 0 Å². The summed E-state index contributed by atoms with van der Waals surface area (Å²) >= 11 is 5.97. The van der Waals surface area contributed by atoms with Crippen molar-refractivity contribution < 1.29 is 9.53 Å². The minimum atomic E-state index is -0.0545. The van der Waals surface area contributed by atoms with E-state index >= 15 is 0 Å². The van der Waals surface area contributed by atoms with Crippen LogP contribution in [0.25, 0.3) is 0 Å². The minimum absolute atomic E-state index is 0.0142. The number of halogens is 1. The molecule has 3 rings (SSSR count). The van der Waals surface area contributed by atoms with Crippen LogP contribution < -0.4 is 4.74 Å². The summed E-state index contributed by atoms with van der Waals surface area (Å²) in [5.74, 6) is 1.21. The number of amides is 1. The molecule has 6 heteroatoms. The first kappa shape index (κ1) is 15.7. The third-order valence-electron chi connectivity index (χ3n) is 3.77. The molecule has 1 atom stereocenters. The average molecular weight is 332 g/mol. The van der Waals surface area contributed by atoms with Gasteiger partial charge in [-0.25, -0.2) is 4.98 Å². The number of hydrogen-bond donors (Lipinski definition) is 0. The number of carbonyl (C=O) groups is 1. The largest absolute Gasteiger partial charge is 0.472 e. The number of aryl methyl sites for hydroxylation is 1. The summed E-state index contributed by atoms with van der Waals surface area (Å²) in [6.45, 7) is 3.10. The maximum atomic E-state index is 12.6. The van der Waals surface area contributed by atoms with E-state index in [4.69, 9.17) is 16.3 Å². The number of carbonyl (C=O) groups excluding carboxylic acids is 1. The predicted molar refractivity (Wildman–Crippen MR) is 87.8 cm³/mol. The Hall–Kier alpha value is -2.14. The summed E-state index contributed by atoms with van der Waals surface area (Å²) < 4.78 is 5.91. The van der Waals surface area contributed by atoms with Crippen LogP contribution >= 0.6 is 11.6 Å². The lowest BCUT2D eigenvalue weighted by Gasteiger charge is -2.32. The zero-order chi connectivity index (χ0) is 16.2. The predicted octanol–water partition coefficient (Wildman–Crippen LogP) is 3.12. The molecule has 1 aromatic heterocycles. The van der Waals surface area contributed by atoms with Crippen LogP contribution in [0.1, 0.15) is 29.0 Å². The monoisotopic (exact) mass is 331 g/mol. The van der Waals surface area contributed by atoms with E-state index in [1.165, 1.54) is 0 Å². The van der Waals surface area contributed by atoms with Gasteiger partial charge in [0.1, 0.15) is 11.9 Å². The van der Waals surface area contributed by atoms with Crippen molar-refractivity contribution in [1.82, 2.24) is 14.9 Å². The Morgan fingerprint density at radius 2 is 2.26 bits per heavy atom. The minimum Gasteiger partial charge on any atom is -0.472 e. The van der Waals surface area contributed by atoms with Gasteiger partial charge in [0.2, 0.25) is 5.88 Å². The fourth-order valence-electron chi connectivity index (χ4n) is 2.69. The van der Waals surface area contributed by atoms with E-state index in [9.17, 15) is 4.79 Å². The summed E-state index contributed by atoms with van der Waals surface area (Å²) in [6.07, 6.45) is 3.43. The molecule has 2 aromatic rings. The Kier molecular flexibility index (Phi) is 4.76. The van der Waals surface area contributed by atoms with Crippen LogP contribution in [-0.2, 0) is 0 Å². The quantitative estimate of drug-likeness (QED) is 0.867. The van der Waals surface area contributed by atoms with Crippen LogP contribution in [-0.4, -0.2) is 40.0 Å². The molecule has 0 radical (unpaired) electrons. The molecule has 2 heterocycles. The maximum Gasteiger partial charge on any atom is 0.254 e. The highest BCUT2D eigenvalue weighted by molar-refractivity contribution is 6.30. The molecule has 5 nitrogen and oxygen atoms in total. The van der Waals surface area contributed by atoms with Crippen molar-refractivity contribution in [1.29, 1.82) is 0 Å². The number of likely N-dealkylation sites (tertiary alicyclic amines) is 1. The normalized spacial score (nSPS) is 17.8. The van der Waals surface area contributed by atoms with E-state index in [0.717, 1.165) is 19.4 Å². The first-order valence-electron chi connectivity index (χ1n) is 7.63. The van der Waals surface area contributed by atoms with Crippen LogP contribution in [0.3, 0.4) is 0 Å². The van der Waals surface area contributed by atoms with Gasteiger partial charge in [-0.1, -0.05) is 17.7 Å². The number of ether oxygens (including phenoxy) is 1. The van der Waals surface area contributed by atoms with Gasteiger partial charge in [-0.2, -0.15) is 4.98 Å². The van der Waals surface area contributed by atoms with Gasteiger partial charge >= 0.3 is 0 Å². The molecule has 0 bridgehead atoms. The Balaban J connectivity index is 1.67. The van der Waals surface area contributed by atoms with Crippen molar-refractivity contribution in [3.8, 4) is 5.88 Å². The number of hydrogen-bond acceptors (Lipinski definition) is 4. The highest BCUT2D eigenvalue weighted by Gasteiger charge is 2.26. The first-order chi connectivity index (χ1) is 11.1. The van der Waals surface area contributed by atoms with Crippen LogP contribution in [0.15, 0.2) is 36.5 Å². The van der Waals surface area contributed by atoms with Crippen molar-refractivity contribution in [3.05, 3.63) is 52.9 Å². The lowest BCUT2D eigenvalue weighted by Crippen LogP contribution is -2.44. The van der Waals surface area contributed by atoms with Crippen LogP contribution in [0.5, 0.6) is 5.88 Å². The molecule has 120 valence electrons. The smallest absolute Gasteiger partial charge is 0.254 e. The average Bonchev–Trinajstić information content (AvgIpc) is 2.54. The Morgan fingerprint density at radius 3 is 3.04 bits per heavy atom.